The number of hydrogen-bond donors (Lipinski definition) is 2. The standard InChI is InChI=1S/C16H12F3N5O2/c17-16(18,19)10-4-3-5-11(8-10)21-13(25)9-24-7-2-1-6-12(24)14-15(20)23-26-22-14/h1-5,7-8H,9H2,(H2,20,23)(H,21,25). The van der Waals surface area contributed by atoms with Gasteiger partial charge in [0, 0.05) is 11.9 Å². The first-order valence-electron chi connectivity index (χ1n) is 7.30. The number of carbonyl (C=O) groups excluding carboxylic acids is 1. The molecule has 10 heteroatoms. The minimum Gasteiger partial charge on any atom is -0.379 e. The van der Waals surface area contributed by atoms with Gasteiger partial charge in [-0.2, -0.15) is 13.2 Å². The minimum atomic E-state index is -4.49. The minimum absolute atomic E-state index is 0.0273. The van der Waals surface area contributed by atoms with Gasteiger partial charge in [-0.25, -0.2) is 4.63 Å². The van der Waals surface area contributed by atoms with E-state index in [9.17, 15) is 18.0 Å². The summed E-state index contributed by atoms with van der Waals surface area (Å²) in [5.41, 5.74) is 8.26. The summed E-state index contributed by atoms with van der Waals surface area (Å²) in [6.07, 6.45) is 0.301. The van der Waals surface area contributed by atoms with Crippen molar-refractivity contribution in [1.29, 1.82) is 0 Å². The predicted molar refractivity (Wildman–Crippen MR) is 86.1 cm³/mol. The van der Waals surface area contributed by atoms with E-state index in [0.717, 1.165) is 12.1 Å². The fourth-order valence-electron chi connectivity index (χ4n) is 2.26. The average molecular weight is 363 g/mol. The Kier molecular flexibility index (Phi) is 4.51. The maximum Gasteiger partial charge on any atom is 0.416 e. The van der Waals surface area contributed by atoms with Crippen molar-refractivity contribution < 1.29 is 22.6 Å². The number of carbonyl (C=O) groups is 1. The van der Waals surface area contributed by atoms with Gasteiger partial charge in [0.05, 0.1) is 5.56 Å². The van der Waals surface area contributed by atoms with Crippen LogP contribution in [-0.2, 0) is 11.0 Å². The maximum absolute atomic E-state index is 12.7. The summed E-state index contributed by atoms with van der Waals surface area (Å²) in [6, 6.07) is 4.37. The van der Waals surface area contributed by atoms with E-state index in [1.807, 2.05) is 0 Å². The van der Waals surface area contributed by atoms with E-state index in [1.54, 1.807) is 18.4 Å². The van der Waals surface area contributed by atoms with Gasteiger partial charge in [-0.3, -0.25) is 4.79 Å². The fourth-order valence-corrected chi connectivity index (χ4v) is 2.26. The number of hydrogen-bond acceptors (Lipinski definition) is 6. The third-order valence-electron chi connectivity index (χ3n) is 3.40. The van der Waals surface area contributed by atoms with Crippen molar-refractivity contribution in [3.05, 3.63) is 59.6 Å². The first kappa shape index (κ1) is 17.3. The number of benzene rings is 1. The van der Waals surface area contributed by atoms with Gasteiger partial charge in [0.2, 0.25) is 5.91 Å². The molecule has 0 unspecified atom stereocenters. The van der Waals surface area contributed by atoms with E-state index in [2.05, 4.69) is 26.0 Å². The summed E-state index contributed by atoms with van der Waals surface area (Å²) in [5, 5.41) is 9.55. The number of nitrogen functional groups attached to an aromatic ring is 1. The van der Waals surface area contributed by atoms with Crippen LogP contribution >= 0.6 is 0 Å². The number of halogens is 3. The maximum atomic E-state index is 12.7. The number of allylic oxidation sites excluding steroid dienone is 2. The Bertz CT molecular complexity index is 926. The molecule has 0 spiro atoms. The lowest BCUT2D eigenvalue weighted by Crippen LogP contribution is -2.29. The van der Waals surface area contributed by atoms with Crippen LogP contribution in [0.25, 0.3) is 5.70 Å². The Hall–Kier alpha value is -3.52. The Morgan fingerprint density at radius 1 is 1.35 bits per heavy atom. The molecular weight excluding hydrogens is 351 g/mol. The Labute approximate surface area is 145 Å². The molecule has 134 valence electrons. The molecule has 0 radical (unpaired) electrons. The molecule has 0 atom stereocenters. The molecule has 0 fully saturated rings. The van der Waals surface area contributed by atoms with Crippen LogP contribution in [0.2, 0.25) is 0 Å². The van der Waals surface area contributed by atoms with Crippen molar-refractivity contribution in [3.8, 4) is 0 Å². The van der Waals surface area contributed by atoms with Crippen molar-refractivity contribution in [1.82, 2.24) is 15.2 Å². The third-order valence-corrected chi connectivity index (χ3v) is 3.40. The van der Waals surface area contributed by atoms with Crippen molar-refractivity contribution in [3.63, 3.8) is 0 Å². The number of aromatic nitrogens is 2. The molecule has 3 rings (SSSR count). The molecule has 3 N–H and O–H groups in total. The first-order valence-corrected chi connectivity index (χ1v) is 7.30. The summed E-state index contributed by atoms with van der Waals surface area (Å²) in [6.45, 7) is -0.199. The Balaban J connectivity index is 1.73. The highest BCUT2D eigenvalue weighted by Crippen LogP contribution is 2.30. The van der Waals surface area contributed by atoms with Gasteiger partial charge >= 0.3 is 6.18 Å². The topological polar surface area (TPSA) is 97.3 Å². The first-order chi connectivity index (χ1) is 12.3. The Morgan fingerprint density at radius 3 is 2.85 bits per heavy atom. The molecule has 1 aromatic carbocycles. The molecule has 1 aliphatic heterocycles. The fraction of sp³-hybridized carbons (Fsp3) is 0.125. The lowest BCUT2D eigenvalue weighted by Gasteiger charge is -2.21. The second-order valence-electron chi connectivity index (χ2n) is 5.25. The lowest BCUT2D eigenvalue weighted by atomic mass is 10.2. The van der Waals surface area contributed by atoms with Crippen molar-refractivity contribution in [2.45, 2.75) is 6.18 Å². The van der Waals surface area contributed by atoms with Crippen LogP contribution < -0.4 is 11.1 Å². The highest BCUT2D eigenvalue weighted by Gasteiger charge is 2.30. The quantitative estimate of drug-likeness (QED) is 0.811. The van der Waals surface area contributed by atoms with Crippen LogP contribution in [0.15, 0.2) is 53.0 Å². The number of nitrogens with two attached hydrogens (primary N) is 1. The van der Waals surface area contributed by atoms with Gasteiger partial charge in [-0.1, -0.05) is 11.8 Å². The molecule has 2 aromatic rings. The number of rotatable bonds is 4. The predicted octanol–water partition coefficient (Wildman–Crippen LogP) is 2.63. The van der Waals surface area contributed by atoms with Gasteiger partial charge in [0.1, 0.15) is 12.2 Å². The third kappa shape index (κ3) is 3.76. The van der Waals surface area contributed by atoms with E-state index >= 15 is 0 Å². The molecule has 26 heavy (non-hydrogen) atoms. The number of anilines is 2. The molecule has 0 bridgehead atoms. The second-order valence-corrected chi connectivity index (χ2v) is 5.25. The zero-order chi connectivity index (χ0) is 18.7. The summed E-state index contributed by atoms with van der Waals surface area (Å²) < 4.78 is 42.8. The average Bonchev–Trinajstić information content (AvgIpc) is 3.00. The summed E-state index contributed by atoms with van der Waals surface area (Å²) in [5.74, 6) is -0.510. The van der Waals surface area contributed by atoms with E-state index in [-0.39, 0.29) is 23.7 Å². The molecule has 1 amide bonds. The molecule has 0 aliphatic carbocycles. The summed E-state index contributed by atoms with van der Waals surface area (Å²) in [7, 11) is 0. The zero-order valence-corrected chi connectivity index (χ0v) is 13.1. The SMILES string of the molecule is Nc1nonc1C1=C=CC=CN1CC(=O)Nc1cccc(C(F)(F)F)c1. The number of amides is 1. The number of nitrogens with one attached hydrogen (secondary N) is 1. The molecule has 2 heterocycles. The van der Waals surface area contributed by atoms with Crippen LogP contribution in [0.4, 0.5) is 24.7 Å². The molecule has 1 aromatic heterocycles. The van der Waals surface area contributed by atoms with Crippen LogP contribution in [0.1, 0.15) is 11.3 Å². The van der Waals surface area contributed by atoms with Gasteiger partial charge < -0.3 is 16.0 Å². The highest BCUT2D eigenvalue weighted by molar-refractivity contribution is 5.93. The normalized spacial score (nSPS) is 13.7. The molecule has 7 nitrogen and oxygen atoms in total. The van der Waals surface area contributed by atoms with Gasteiger partial charge in [0.15, 0.2) is 11.5 Å². The van der Waals surface area contributed by atoms with Gasteiger partial charge in [0.25, 0.3) is 0 Å². The van der Waals surface area contributed by atoms with Crippen molar-refractivity contribution >= 4 is 23.1 Å². The summed E-state index contributed by atoms with van der Waals surface area (Å²) >= 11 is 0. The van der Waals surface area contributed by atoms with Crippen LogP contribution in [0.5, 0.6) is 0 Å². The molecule has 0 saturated carbocycles. The second kappa shape index (κ2) is 6.77. The Morgan fingerprint density at radius 2 is 2.15 bits per heavy atom. The van der Waals surface area contributed by atoms with Gasteiger partial charge in [-0.15, -0.1) is 0 Å². The zero-order valence-electron chi connectivity index (χ0n) is 13.1. The number of nitrogens with zero attached hydrogens (tertiary/aromatic N) is 3. The highest BCUT2D eigenvalue weighted by atomic mass is 19.4. The van der Waals surface area contributed by atoms with E-state index < -0.39 is 17.6 Å². The van der Waals surface area contributed by atoms with Crippen molar-refractivity contribution in [2.75, 3.05) is 17.6 Å². The number of alkyl halides is 3. The van der Waals surface area contributed by atoms with E-state index in [4.69, 9.17) is 5.73 Å². The van der Waals surface area contributed by atoms with Gasteiger partial charge in [-0.05, 0) is 40.7 Å². The van der Waals surface area contributed by atoms with E-state index in [0.29, 0.717) is 5.70 Å². The van der Waals surface area contributed by atoms with Crippen molar-refractivity contribution in [2.24, 2.45) is 0 Å². The summed E-state index contributed by atoms with van der Waals surface area (Å²) in [4.78, 5) is 13.7. The molecular formula is C16H12F3N5O2. The largest absolute Gasteiger partial charge is 0.416 e. The molecule has 1 aliphatic rings. The lowest BCUT2D eigenvalue weighted by molar-refractivity contribution is -0.137. The van der Waals surface area contributed by atoms with E-state index in [1.165, 1.54) is 17.0 Å². The van der Waals surface area contributed by atoms with Crippen LogP contribution in [-0.4, -0.2) is 27.7 Å². The van der Waals surface area contributed by atoms with Crippen LogP contribution in [0.3, 0.4) is 0 Å². The smallest absolute Gasteiger partial charge is 0.379 e. The monoisotopic (exact) mass is 363 g/mol. The molecule has 0 saturated heterocycles. The van der Waals surface area contributed by atoms with Crippen LogP contribution in [0, 0.1) is 0 Å².